The van der Waals surface area contributed by atoms with Crippen LogP contribution in [0.2, 0.25) is 0 Å². The fourth-order valence-corrected chi connectivity index (χ4v) is 4.49. The molecule has 2 heterocycles. The summed E-state index contributed by atoms with van der Waals surface area (Å²) in [5.41, 5.74) is -2.81. The van der Waals surface area contributed by atoms with Gasteiger partial charge in [0.05, 0.1) is 7.11 Å². The molecule has 6 nitrogen and oxygen atoms in total. The van der Waals surface area contributed by atoms with Gasteiger partial charge in [-0.15, -0.1) is 0 Å². The van der Waals surface area contributed by atoms with Crippen LogP contribution in [-0.2, 0) is 14.3 Å². The zero-order chi connectivity index (χ0) is 24.0. The molecular formula is C21H25F5N2O4. The zero-order valence-electron chi connectivity index (χ0n) is 18.1. The molecule has 3 rings (SSSR count). The number of amides is 2. The van der Waals surface area contributed by atoms with Crippen LogP contribution in [0, 0.1) is 17.6 Å². The van der Waals surface area contributed by atoms with E-state index in [-0.39, 0.29) is 18.0 Å². The van der Waals surface area contributed by atoms with Gasteiger partial charge in [0.2, 0.25) is 17.6 Å². The van der Waals surface area contributed by atoms with E-state index in [4.69, 9.17) is 9.47 Å². The molecule has 2 saturated heterocycles. The van der Waals surface area contributed by atoms with Gasteiger partial charge in [-0.25, -0.2) is 4.39 Å². The van der Waals surface area contributed by atoms with Crippen LogP contribution in [0.3, 0.4) is 0 Å². The Morgan fingerprint density at radius 3 is 2.47 bits per heavy atom. The summed E-state index contributed by atoms with van der Waals surface area (Å²) in [5.74, 6) is -6.75. The molecule has 0 saturated carbocycles. The molecule has 1 N–H and O–H groups in total. The Morgan fingerprint density at radius 1 is 1.28 bits per heavy atom. The molecular weight excluding hydrogens is 439 g/mol. The van der Waals surface area contributed by atoms with Crippen LogP contribution in [0.5, 0.6) is 5.75 Å². The molecule has 0 unspecified atom stereocenters. The first-order valence-electron chi connectivity index (χ1n) is 10.1. The van der Waals surface area contributed by atoms with Crippen molar-refractivity contribution in [3.8, 4) is 5.75 Å². The van der Waals surface area contributed by atoms with Crippen molar-refractivity contribution >= 4 is 11.8 Å². The monoisotopic (exact) mass is 464 g/mol. The van der Waals surface area contributed by atoms with E-state index < -0.39 is 59.1 Å². The van der Waals surface area contributed by atoms with Crippen LogP contribution in [0.4, 0.5) is 22.0 Å². The maximum atomic E-state index is 14.3. The van der Waals surface area contributed by atoms with Crippen molar-refractivity contribution in [3.63, 3.8) is 0 Å². The minimum atomic E-state index is -4.83. The Bertz CT molecular complexity index is 909. The van der Waals surface area contributed by atoms with E-state index in [0.29, 0.717) is 13.0 Å². The molecule has 0 aliphatic carbocycles. The Kier molecular flexibility index (Phi) is 6.43. The topological polar surface area (TPSA) is 67.9 Å². The molecule has 2 aliphatic rings. The van der Waals surface area contributed by atoms with Crippen LogP contribution >= 0.6 is 0 Å². The van der Waals surface area contributed by atoms with Crippen molar-refractivity contribution < 1.29 is 41.0 Å². The third kappa shape index (κ3) is 4.02. The Hall–Kier alpha value is -2.43. The van der Waals surface area contributed by atoms with Gasteiger partial charge >= 0.3 is 6.18 Å². The molecule has 2 fully saturated rings. The smallest absolute Gasteiger partial charge is 0.417 e. The number of carbonyl (C=O) groups is 2. The highest BCUT2D eigenvalue weighted by Crippen LogP contribution is 2.54. The van der Waals surface area contributed by atoms with Gasteiger partial charge in [0.1, 0.15) is 6.10 Å². The SMILES string of the molecule is COc1c([C@H]2[C@H](C(=O)N[C@H]3CCN(C(C)=O)C3)O[C@@](C)(C(F)(F)F)[C@H]2C)ccc(F)c1F. The fourth-order valence-electron chi connectivity index (χ4n) is 4.49. The molecule has 2 amide bonds. The van der Waals surface area contributed by atoms with Crippen molar-refractivity contribution in [1.29, 1.82) is 0 Å². The zero-order valence-corrected chi connectivity index (χ0v) is 18.1. The minimum Gasteiger partial charge on any atom is -0.493 e. The highest BCUT2D eigenvalue weighted by atomic mass is 19.4. The van der Waals surface area contributed by atoms with Crippen molar-refractivity contribution in [2.24, 2.45) is 5.92 Å². The number of nitrogens with zero attached hydrogens (tertiary/aromatic N) is 1. The number of carbonyl (C=O) groups excluding carboxylic acids is 2. The number of rotatable bonds is 4. The molecule has 2 aliphatic heterocycles. The van der Waals surface area contributed by atoms with E-state index >= 15 is 0 Å². The van der Waals surface area contributed by atoms with Crippen LogP contribution in [0.25, 0.3) is 0 Å². The average Bonchev–Trinajstić information content (AvgIpc) is 3.27. The third-order valence-electron chi connectivity index (χ3n) is 6.55. The standard InChI is InChI=1S/C21H25F5N2O4/c1-10-15(13-5-6-14(22)16(23)17(13)31-4)18(32-20(10,3)21(24,25)26)19(30)27-12-7-8-28(9-12)11(2)29/h5-6,10,12,15,18H,7-9H2,1-4H3,(H,27,30)/t10-,12-,15-,18+,20+/m0/s1. The van der Waals surface area contributed by atoms with Crippen LogP contribution < -0.4 is 10.1 Å². The van der Waals surface area contributed by atoms with Crippen LogP contribution in [0.1, 0.15) is 38.7 Å². The Balaban J connectivity index is 1.98. The second kappa shape index (κ2) is 8.49. The van der Waals surface area contributed by atoms with Gasteiger partial charge in [0.25, 0.3) is 0 Å². The van der Waals surface area contributed by atoms with Crippen molar-refractivity contribution in [2.45, 2.75) is 57.0 Å². The number of benzene rings is 1. The Labute approximate surface area is 182 Å². The quantitative estimate of drug-likeness (QED) is 0.696. The maximum Gasteiger partial charge on any atom is 0.417 e. The first-order chi connectivity index (χ1) is 14.8. The van der Waals surface area contributed by atoms with E-state index in [9.17, 15) is 31.5 Å². The van der Waals surface area contributed by atoms with Gasteiger partial charge in [-0.2, -0.15) is 17.6 Å². The van der Waals surface area contributed by atoms with E-state index in [0.717, 1.165) is 26.2 Å². The largest absolute Gasteiger partial charge is 0.493 e. The highest BCUT2D eigenvalue weighted by molar-refractivity contribution is 5.83. The third-order valence-corrected chi connectivity index (χ3v) is 6.55. The highest BCUT2D eigenvalue weighted by Gasteiger charge is 2.66. The number of ether oxygens (including phenoxy) is 2. The van der Waals surface area contributed by atoms with E-state index in [1.165, 1.54) is 18.7 Å². The van der Waals surface area contributed by atoms with Gasteiger partial charge in [0.15, 0.2) is 17.2 Å². The molecule has 0 aromatic heterocycles. The van der Waals surface area contributed by atoms with Gasteiger partial charge in [0, 0.05) is 43.5 Å². The lowest BCUT2D eigenvalue weighted by molar-refractivity contribution is -0.272. The molecule has 1 aromatic rings. The number of likely N-dealkylation sites (tertiary alicyclic amines) is 1. The number of methoxy groups -OCH3 is 1. The van der Waals surface area contributed by atoms with E-state index in [2.05, 4.69) is 5.32 Å². The number of nitrogens with one attached hydrogen (secondary N) is 1. The first-order valence-corrected chi connectivity index (χ1v) is 10.1. The van der Waals surface area contributed by atoms with E-state index in [1.807, 2.05) is 0 Å². The van der Waals surface area contributed by atoms with Gasteiger partial charge in [-0.3, -0.25) is 9.59 Å². The van der Waals surface area contributed by atoms with Gasteiger partial charge in [-0.1, -0.05) is 13.0 Å². The second-order valence-corrected chi connectivity index (χ2v) is 8.40. The normalized spacial score (nSPS) is 30.5. The summed E-state index contributed by atoms with van der Waals surface area (Å²) in [6.45, 7) is 4.09. The van der Waals surface area contributed by atoms with Crippen LogP contribution in [0.15, 0.2) is 12.1 Å². The summed E-state index contributed by atoms with van der Waals surface area (Å²) in [7, 11) is 1.06. The molecule has 1 aromatic carbocycles. The summed E-state index contributed by atoms with van der Waals surface area (Å²) < 4.78 is 80.1. The van der Waals surface area contributed by atoms with Crippen molar-refractivity contribution in [1.82, 2.24) is 10.2 Å². The van der Waals surface area contributed by atoms with Crippen molar-refractivity contribution in [3.05, 3.63) is 29.3 Å². The molecule has 11 heteroatoms. The minimum absolute atomic E-state index is 0.0937. The lowest BCUT2D eigenvalue weighted by Crippen LogP contribution is -2.48. The van der Waals surface area contributed by atoms with Gasteiger partial charge in [-0.05, 0) is 19.4 Å². The number of hydrogen-bond acceptors (Lipinski definition) is 4. The number of alkyl halides is 3. The Morgan fingerprint density at radius 2 is 1.94 bits per heavy atom. The fraction of sp³-hybridized carbons (Fsp3) is 0.619. The average molecular weight is 464 g/mol. The first kappa shape index (κ1) is 24.2. The predicted octanol–water partition coefficient (Wildman–Crippen LogP) is 3.15. The molecule has 5 atom stereocenters. The summed E-state index contributed by atoms with van der Waals surface area (Å²) >= 11 is 0. The molecule has 0 bridgehead atoms. The molecule has 0 radical (unpaired) electrons. The van der Waals surface area contributed by atoms with Crippen molar-refractivity contribution in [2.75, 3.05) is 20.2 Å². The summed E-state index contributed by atoms with van der Waals surface area (Å²) in [5, 5.41) is 2.64. The summed E-state index contributed by atoms with van der Waals surface area (Å²) in [6, 6.07) is 1.42. The maximum absolute atomic E-state index is 14.3. The molecule has 178 valence electrons. The van der Waals surface area contributed by atoms with Crippen LogP contribution in [-0.4, -0.2) is 60.8 Å². The predicted molar refractivity (Wildman–Crippen MR) is 103 cm³/mol. The second-order valence-electron chi connectivity index (χ2n) is 8.40. The molecule has 32 heavy (non-hydrogen) atoms. The summed E-state index contributed by atoms with van der Waals surface area (Å²) in [6.07, 6.45) is -6.03. The lowest BCUT2D eigenvalue weighted by Gasteiger charge is -2.32. The number of hydrogen-bond donors (Lipinski definition) is 1. The van der Waals surface area contributed by atoms with E-state index in [1.54, 1.807) is 0 Å². The lowest BCUT2D eigenvalue weighted by atomic mass is 9.77. The summed E-state index contributed by atoms with van der Waals surface area (Å²) in [4.78, 5) is 26.1. The van der Waals surface area contributed by atoms with Gasteiger partial charge < -0.3 is 19.7 Å². The number of halogens is 5. The molecule has 0 spiro atoms.